The number of carbonyl (C=O) groups excluding carboxylic acids is 2. The Morgan fingerprint density at radius 2 is 1.62 bits per heavy atom. The average molecular weight is 493 g/mol. The number of hydrogen-bond donors (Lipinski definition) is 1. The van der Waals surface area contributed by atoms with Crippen molar-refractivity contribution in [2.24, 2.45) is 0 Å². The van der Waals surface area contributed by atoms with Crippen LogP contribution in [0.1, 0.15) is 36.5 Å². The Bertz CT molecular complexity index is 1410. The summed E-state index contributed by atoms with van der Waals surface area (Å²) in [4.78, 5) is 28.8. The Labute approximate surface area is 217 Å². The molecule has 6 nitrogen and oxygen atoms in total. The standard InChI is InChI=1S/C31H32N4O2/c1-21-14-16-24(18-22(21)2)19-29(36)35-23(3)15-17-28(35)31(37)32-30-27(25-10-6-4-7-11-25)20-34(33-30)26-12-8-5-9-13-26/h4-14,16,18,20,23,28H,15,17,19H2,1-3H3,(H,32,33,37)/t23-,28+/m0/s1. The van der Waals surface area contributed by atoms with Gasteiger partial charge in [0.2, 0.25) is 11.8 Å². The van der Waals surface area contributed by atoms with Gasteiger partial charge in [0.05, 0.1) is 12.1 Å². The highest BCUT2D eigenvalue weighted by Crippen LogP contribution is 2.31. The third kappa shape index (κ3) is 5.19. The highest BCUT2D eigenvalue weighted by atomic mass is 16.2. The topological polar surface area (TPSA) is 67.2 Å². The molecule has 188 valence electrons. The molecule has 0 spiro atoms. The molecule has 1 N–H and O–H groups in total. The van der Waals surface area contributed by atoms with Crippen molar-refractivity contribution in [3.05, 3.63) is 102 Å². The van der Waals surface area contributed by atoms with Crippen LogP contribution in [0.4, 0.5) is 5.82 Å². The minimum atomic E-state index is -0.528. The Kier molecular flexibility index (Phi) is 6.91. The van der Waals surface area contributed by atoms with Crippen LogP contribution in [0.5, 0.6) is 0 Å². The normalized spacial score (nSPS) is 17.1. The second kappa shape index (κ2) is 10.4. The molecule has 2 amide bonds. The van der Waals surface area contributed by atoms with E-state index in [0.717, 1.165) is 34.4 Å². The summed E-state index contributed by atoms with van der Waals surface area (Å²) >= 11 is 0. The highest BCUT2D eigenvalue weighted by molar-refractivity contribution is 5.99. The van der Waals surface area contributed by atoms with Crippen LogP contribution in [0.2, 0.25) is 0 Å². The van der Waals surface area contributed by atoms with Gasteiger partial charge in [-0.05, 0) is 68.0 Å². The van der Waals surface area contributed by atoms with E-state index in [1.807, 2.05) is 85.9 Å². The fourth-order valence-electron chi connectivity index (χ4n) is 5.05. The first kappa shape index (κ1) is 24.5. The van der Waals surface area contributed by atoms with Gasteiger partial charge < -0.3 is 10.2 Å². The maximum absolute atomic E-state index is 13.6. The Morgan fingerprint density at radius 3 is 2.32 bits per heavy atom. The van der Waals surface area contributed by atoms with Crippen LogP contribution in [0.15, 0.2) is 85.1 Å². The first-order valence-electron chi connectivity index (χ1n) is 12.8. The molecule has 2 atom stereocenters. The molecule has 0 aliphatic carbocycles. The number of nitrogens with zero attached hydrogens (tertiary/aromatic N) is 3. The van der Waals surface area contributed by atoms with Gasteiger partial charge in [0.25, 0.3) is 0 Å². The fraction of sp³-hybridized carbons (Fsp3) is 0.258. The van der Waals surface area contributed by atoms with Crippen LogP contribution in [-0.2, 0) is 16.0 Å². The van der Waals surface area contributed by atoms with Crippen LogP contribution < -0.4 is 5.32 Å². The van der Waals surface area contributed by atoms with Crippen molar-refractivity contribution >= 4 is 17.6 Å². The summed E-state index contributed by atoms with van der Waals surface area (Å²) in [5.41, 5.74) is 6.03. The van der Waals surface area contributed by atoms with E-state index in [4.69, 9.17) is 5.10 Å². The first-order valence-corrected chi connectivity index (χ1v) is 12.8. The molecule has 1 aliphatic rings. The van der Waals surface area contributed by atoms with Gasteiger partial charge in [0.15, 0.2) is 5.82 Å². The van der Waals surface area contributed by atoms with Gasteiger partial charge >= 0.3 is 0 Å². The molecule has 0 unspecified atom stereocenters. The van der Waals surface area contributed by atoms with Crippen LogP contribution >= 0.6 is 0 Å². The molecule has 0 radical (unpaired) electrons. The van der Waals surface area contributed by atoms with Crippen molar-refractivity contribution in [3.8, 4) is 16.8 Å². The SMILES string of the molecule is Cc1ccc(CC(=O)N2[C@@H](C(=O)Nc3nn(-c4ccccc4)cc3-c3ccccc3)CC[C@@H]2C)cc1C. The van der Waals surface area contributed by atoms with Gasteiger partial charge in [-0.3, -0.25) is 9.59 Å². The number of aromatic nitrogens is 2. The van der Waals surface area contributed by atoms with E-state index >= 15 is 0 Å². The number of nitrogens with one attached hydrogen (secondary N) is 1. The first-order chi connectivity index (χ1) is 17.9. The number of benzene rings is 3. The lowest BCUT2D eigenvalue weighted by Gasteiger charge is -2.28. The van der Waals surface area contributed by atoms with E-state index in [9.17, 15) is 9.59 Å². The monoisotopic (exact) mass is 492 g/mol. The Morgan fingerprint density at radius 1 is 0.919 bits per heavy atom. The smallest absolute Gasteiger partial charge is 0.248 e. The van der Waals surface area contributed by atoms with Crippen LogP contribution in [-0.4, -0.2) is 38.6 Å². The molecule has 0 saturated carbocycles. The van der Waals surface area contributed by atoms with Crippen molar-refractivity contribution in [2.75, 3.05) is 5.32 Å². The summed E-state index contributed by atoms with van der Waals surface area (Å²) in [5, 5.41) is 7.79. The predicted octanol–water partition coefficient (Wildman–Crippen LogP) is 5.72. The maximum atomic E-state index is 13.6. The number of anilines is 1. The quantitative estimate of drug-likeness (QED) is 0.375. The molecular weight excluding hydrogens is 460 g/mol. The van der Waals surface area contributed by atoms with Crippen molar-refractivity contribution < 1.29 is 9.59 Å². The summed E-state index contributed by atoms with van der Waals surface area (Å²) in [6.07, 6.45) is 3.64. The van der Waals surface area contributed by atoms with E-state index < -0.39 is 6.04 Å². The number of rotatable bonds is 6. The summed E-state index contributed by atoms with van der Waals surface area (Å²) < 4.78 is 1.78. The molecule has 3 aromatic carbocycles. The number of para-hydroxylation sites is 1. The van der Waals surface area contributed by atoms with Gasteiger partial charge in [0, 0.05) is 17.8 Å². The molecule has 6 heteroatoms. The second-order valence-electron chi connectivity index (χ2n) is 9.87. The van der Waals surface area contributed by atoms with E-state index in [0.29, 0.717) is 12.2 Å². The van der Waals surface area contributed by atoms with Crippen LogP contribution in [0.25, 0.3) is 16.8 Å². The molecule has 1 aromatic heterocycles. The fourth-order valence-corrected chi connectivity index (χ4v) is 5.05. The molecule has 5 rings (SSSR count). The lowest BCUT2D eigenvalue weighted by molar-refractivity contribution is -0.137. The highest BCUT2D eigenvalue weighted by Gasteiger charge is 2.39. The van der Waals surface area contributed by atoms with Crippen molar-refractivity contribution in [1.29, 1.82) is 0 Å². The summed E-state index contributed by atoms with van der Waals surface area (Å²) in [6, 6.07) is 25.3. The van der Waals surface area contributed by atoms with E-state index in [2.05, 4.69) is 25.2 Å². The van der Waals surface area contributed by atoms with Gasteiger partial charge in [-0.15, -0.1) is 5.10 Å². The zero-order chi connectivity index (χ0) is 25.9. The van der Waals surface area contributed by atoms with Crippen molar-refractivity contribution in [1.82, 2.24) is 14.7 Å². The number of carbonyl (C=O) groups is 2. The number of hydrogen-bond acceptors (Lipinski definition) is 3. The van der Waals surface area contributed by atoms with Crippen molar-refractivity contribution in [2.45, 2.75) is 52.1 Å². The largest absolute Gasteiger partial charge is 0.328 e. The number of likely N-dealkylation sites (tertiary alicyclic amines) is 1. The van der Waals surface area contributed by atoms with E-state index in [-0.39, 0.29) is 24.3 Å². The zero-order valence-electron chi connectivity index (χ0n) is 21.5. The molecule has 1 fully saturated rings. The molecule has 37 heavy (non-hydrogen) atoms. The predicted molar refractivity (Wildman–Crippen MR) is 147 cm³/mol. The zero-order valence-corrected chi connectivity index (χ0v) is 21.5. The molecule has 2 heterocycles. The number of aryl methyl sites for hydroxylation is 2. The van der Waals surface area contributed by atoms with Crippen molar-refractivity contribution in [3.63, 3.8) is 0 Å². The van der Waals surface area contributed by atoms with Crippen LogP contribution in [0.3, 0.4) is 0 Å². The Hall–Kier alpha value is -4.19. The minimum absolute atomic E-state index is 0.00488. The van der Waals surface area contributed by atoms with Gasteiger partial charge in [-0.1, -0.05) is 66.7 Å². The van der Waals surface area contributed by atoms with Crippen LogP contribution in [0, 0.1) is 13.8 Å². The average Bonchev–Trinajstić information content (AvgIpc) is 3.51. The molecule has 1 aliphatic heterocycles. The number of amides is 2. The second-order valence-corrected chi connectivity index (χ2v) is 9.87. The molecule has 0 bridgehead atoms. The summed E-state index contributed by atoms with van der Waals surface area (Å²) in [7, 11) is 0. The summed E-state index contributed by atoms with van der Waals surface area (Å²) in [5.74, 6) is 0.265. The van der Waals surface area contributed by atoms with Gasteiger partial charge in [-0.25, -0.2) is 4.68 Å². The molecular formula is C31H32N4O2. The molecule has 4 aromatic rings. The molecule has 1 saturated heterocycles. The van der Waals surface area contributed by atoms with E-state index in [1.54, 1.807) is 9.58 Å². The Balaban J connectivity index is 1.40. The lowest BCUT2D eigenvalue weighted by atomic mass is 10.0. The third-order valence-corrected chi connectivity index (χ3v) is 7.25. The van der Waals surface area contributed by atoms with E-state index in [1.165, 1.54) is 5.56 Å². The van der Waals surface area contributed by atoms with Gasteiger partial charge in [-0.2, -0.15) is 0 Å². The third-order valence-electron chi connectivity index (χ3n) is 7.25. The lowest BCUT2D eigenvalue weighted by Crippen LogP contribution is -2.46. The summed E-state index contributed by atoms with van der Waals surface area (Å²) in [6.45, 7) is 6.13. The minimum Gasteiger partial charge on any atom is -0.328 e. The maximum Gasteiger partial charge on any atom is 0.248 e. The van der Waals surface area contributed by atoms with Gasteiger partial charge in [0.1, 0.15) is 6.04 Å².